The predicted molar refractivity (Wildman–Crippen MR) is 63.8 cm³/mol. The van der Waals surface area contributed by atoms with Gasteiger partial charge in [-0.3, -0.25) is 9.78 Å². The molecule has 1 unspecified atom stereocenters. The summed E-state index contributed by atoms with van der Waals surface area (Å²) in [6, 6.07) is 3.67. The highest BCUT2D eigenvalue weighted by atomic mass is 16.5. The van der Waals surface area contributed by atoms with Crippen molar-refractivity contribution < 1.29 is 9.53 Å². The molecule has 2 heterocycles. The van der Waals surface area contributed by atoms with Gasteiger partial charge in [0.05, 0.1) is 24.8 Å². The van der Waals surface area contributed by atoms with E-state index in [0.29, 0.717) is 25.3 Å². The fourth-order valence-corrected chi connectivity index (χ4v) is 1.98. The Hall–Kier alpha value is -1.46. The van der Waals surface area contributed by atoms with Crippen molar-refractivity contribution in [1.82, 2.24) is 15.2 Å². The van der Waals surface area contributed by atoms with Crippen LogP contribution in [0.2, 0.25) is 0 Å². The van der Waals surface area contributed by atoms with E-state index in [1.807, 2.05) is 11.9 Å². The zero-order valence-electron chi connectivity index (χ0n) is 9.93. The minimum Gasteiger partial charge on any atom is -0.377 e. The van der Waals surface area contributed by atoms with E-state index in [9.17, 15) is 4.79 Å². The highest BCUT2D eigenvalue weighted by molar-refractivity contribution is 5.94. The molecule has 1 aromatic heterocycles. The van der Waals surface area contributed by atoms with Crippen LogP contribution in [-0.2, 0) is 4.74 Å². The molecule has 1 aliphatic rings. The Morgan fingerprint density at radius 1 is 1.71 bits per heavy atom. The summed E-state index contributed by atoms with van der Waals surface area (Å²) in [4.78, 5) is 18.1. The zero-order valence-corrected chi connectivity index (χ0v) is 9.93. The van der Waals surface area contributed by atoms with E-state index in [0.717, 1.165) is 6.54 Å². The number of likely N-dealkylation sites (N-methyl/N-ethyl adjacent to an activating group) is 1. The van der Waals surface area contributed by atoms with Crippen molar-refractivity contribution in [1.29, 1.82) is 0 Å². The molecule has 0 saturated carbocycles. The molecule has 92 valence electrons. The molecule has 0 radical (unpaired) electrons. The minimum atomic E-state index is 0.0293. The van der Waals surface area contributed by atoms with Gasteiger partial charge in [0, 0.05) is 25.5 Å². The number of hydrogen-bond acceptors (Lipinski definition) is 4. The van der Waals surface area contributed by atoms with Crippen LogP contribution in [0.3, 0.4) is 0 Å². The van der Waals surface area contributed by atoms with Gasteiger partial charge in [-0.15, -0.1) is 0 Å². The average molecular weight is 235 g/mol. The quantitative estimate of drug-likeness (QED) is 0.810. The van der Waals surface area contributed by atoms with E-state index in [2.05, 4.69) is 10.3 Å². The lowest BCUT2D eigenvalue weighted by Crippen LogP contribution is -2.52. The predicted octanol–water partition coefficient (Wildman–Crippen LogP) is 0.142. The first kappa shape index (κ1) is 12.0. The molecule has 1 aliphatic heterocycles. The number of nitrogens with one attached hydrogen (secondary N) is 1. The van der Waals surface area contributed by atoms with Crippen LogP contribution in [0.25, 0.3) is 0 Å². The first-order valence-electron chi connectivity index (χ1n) is 5.76. The number of rotatable bonds is 3. The Bertz CT molecular complexity index is 367. The smallest absolute Gasteiger partial charge is 0.255 e. The van der Waals surface area contributed by atoms with E-state index in [4.69, 9.17) is 4.74 Å². The van der Waals surface area contributed by atoms with Crippen LogP contribution >= 0.6 is 0 Å². The summed E-state index contributed by atoms with van der Waals surface area (Å²) >= 11 is 0. The molecule has 1 amide bonds. The van der Waals surface area contributed by atoms with Crippen molar-refractivity contribution >= 4 is 5.91 Å². The number of ether oxygens (including phenoxy) is 1. The molecule has 2 rings (SSSR count). The highest BCUT2D eigenvalue weighted by Crippen LogP contribution is 2.11. The molecule has 5 heteroatoms. The maximum Gasteiger partial charge on any atom is 0.255 e. The van der Waals surface area contributed by atoms with Gasteiger partial charge in [0.25, 0.3) is 5.91 Å². The van der Waals surface area contributed by atoms with E-state index < -0.39 is 0 Å². The first-order valence-corrected chi connectivity index (χ1v) is 5.76. The number of nitrogens with zero attached hydrogens (tertiary/aromatic N) is 2. The normalized spacial score (nSPS) is 20.3. The second kappa shape index (κ2) is 5.75. The average Bonchev–Trinajstić information content (AvgIpc) is 2.40. The number of pyridine rings is 1. The maximum atomic E-state index is 12.3. The molecular weight excluding hydrogens is 218 g/mol. The molecular formula is C12H17N3O2. The summed E-state index contributed by atoms with van der Waals surface area (Å²) in [7, 11) is 1.88. The fourth-order valence-electron chi connectivity index (χ4n) is 1.98. The zero-order chi connectivity index (χ0) is 12.1. The Morgan fingerprint density at radius 3 is 3.29 bits per heavy atom. The van der Waals surface area contributed by atoms with E-state index in [-0.39, 0.29) is 11.9 Å². The number of carbonyl (C=O) groups is 1. The van der Waals surface area contributed by atoms with Gasteiger partial charge in [0.15, 0.2) is 0 Å². The van der Waals surface area contributed by atoms with Gasteiger partial charge in [0.2, 0.25) is 0 Å². The monoisotopic (exact) mass is 235 g/mol. The molecule has 1 aromatic rings. The summed E-state index contributed by atoms with van der Waals surface area (Å²) in [6.45, 7) is 2.57. The van der Waals surface area contributed by atoms with Crippen LogP contribution < -0.4 is 5.32 Å². The van der Waals surface area contributed by atoms with Gasteiger partial charge in [0.1, 0.15) is 0 Å². The summed E-state index contributed by atoms with van der Waals surface area (Å²) in [5.74, 6) is 0.0293. The van der Waals surface area contributed by atoms with Gasteiger partial charge < -0.3 is 15.0 Å². The molecule has 1 fully saturated rings. The molecule has 0 bridgehead atoms. The molecule has 0 spiro atoms. The minimum absolute atomic E-state index is 0.0293. The second-order valence-corrected chi connectivity index (χ2v) is 4.03. The standard InChI is InChI=1S/C12H17N3O2/c1-13-8-11-9-17-6-5-15(11)12(16)10-3-2-4-14-7-10/h2-4,7,11,13H,5-6,8-9H2,1H3. The third-order valence-electron chi connectivity index (χ3n) is 2.84. The van der Waals surface area contributed by atoms with Crippen LogP contribution in [0.5, 0.6) is 0 Å². The fraction of sp³-hybridized carbons (Fsp3) is 0.500. The summed E-state index contributed by atoms with van der Waals surface area (Å²) in [5.41, 5.74) is 0.635. The van der Waals surface area contributed by atoms with Crippen LogP contribution in [0, 0.1) is 0 Å². The highest BCUT2D eigenvalue weighted by Gasteiger charge is 2.27. The first-order chi connectivity index (χ1) is 8.33. The molecule has 1 atom stereocenters. The number of morpholine rings is 1. The number of aromatic nitrogens is 1. The van der Waals surface area contributed by atoms with Crippen molar-refractivity contribution in [3.05, 3.63) is 30.1 Å². The van der Waals surface area contributed by atoms with Crippen molar-refractivity contribution in [3.8, 4) is 0 Å². The summed E-state index contributed by atoms with van der Waals surface area (Å²) in [5, 5.41) is 3.08. The van der Waals surface area contributed by atoms with Crippen molar-refractivity contribution in [2.75, 3.05) is 33.4 Å². The number of hydrogen-bond donors (Lipinski definition) is 1. The Labute approximate surface area is 101 Å². The molecule has 17 heavy (non-hydrogen) atoms. The lowest BCUT2D eigenvalue weighted by Gasteiger charge is -2.35. The Balaban J connectivity index is 2.11. The largest absolute Gasteiger partial charge is 0.377 e. The SMILES string of the molecule is CNCC1COCCN1C(=O)c1cccnc1. The lowest BCUT2D eigenvalue weighted by atomic mass is 10.1. The Morgan fingerprint density at radius 2 is 2.59 bits per heavy atom. The lowest BCUT2D eigenvalue weighted by molar-refractivity contribution is -0.000997. The van der Waals surface area contributed by atoms with Gasteiger partial charge in [-0.1, -0.05) is 0 Å². The topological polar surface area (TPSA) is 54.5 Å². The third-order valence-corrected chi connectivity index (χ3v) is 2.84. The van der Waals surface area contributed by atoms with Crippen molar-refractivity contribution in [2.45, 2.75) is 6.04 Å². The third kappa shape index (κ3) is 2.81. The van der Waals surface area contributed by atoms with Gasteiger partial charge in [-0.25, -0.2) is 0 Å². The van der Waals surface area contributed by atoms with Crippen LogP contribution in [0.1, 0.15) is 10.4 Å². The van der Waals surface area contributed by atoms with Crippen LogP contribution in [0.4, 0.5) is 0 Å². The molecule has 1 N–H and O–H groups in total. The van der Waals surface area contributed by atoms with E-state index in [1.54, 1.807) is 24.5 Å². The van der Waals surface area contributed by atoms with Crippen LogP contribution in [0.15, 0.2) is 24.5 Å². The second-order valence-electron chi connectivity index (χ2n) is 4.03. The van der Waals surface area contributed by atoms with Gasteiger partial charge in [-0.05, 0) is 19.2 Å². The molecule has 5 nitrogen and oxygen atoms in total. The van der Waals surface area contributed by atoms with Gasteiger partial charge >= 0.3 is 0 Å². The molecule has 0 aromatic carbocycles. The Kier molecular flexibility index (Phi) is 4.06. The van der Waals surface area contributed by atoms with Crippen LogP contribution in [-0.4, -0.2) is 55.2 Å². The molecule has 1 saturated heterocycles. The number of carbonyl (C=O) groups excluding carboxylic acids is 1. The van der Waals surface area contributed by atoms with E-state index >= 15 is 0 Å². The van der Waals surface area contributed by atoms with Crippen molar-refractivity contribution in [2.24, 2.45) is 0 Å². The number of amides is 1. The summed E-state index contributed by atoms with van der Waals surface area (Å²) in [6.07, 6.45) is 3.27. The van der Waals surface area contributed by atoms with Gasteiger partial charge in [-0.2, -0.15) is 0 Å². The molecule has 0 aliphatic carbocycles. The van der Waals surface area contributed by atoms with E-state index in [1.165, 1.54) is 0 Å². The van der Waals surface area contributed by atoms with Crippen molar-refractivity contribution in [3.63, 3.8) is 0 Å². The maximum absolute atomic E-state index is 12.3. The summed E-state index contributed by atoms with van der Waals surface area (Å²) < 4.78 is 5.40.